The zero-order valence-electron chi connectivity index (χ0n) is 34.1. The molecule has 0 fully saturated rings. The van der Waals surface area contributed by atoms with E-state index in [1.54, 1.807) is 6.26 Å². The van der Waals surface area contributed by atoms with Gasteiger partial charge in [0.05, 0.1) is 34.0 Å². The third kappa shape index (κ3) is 39.9. The molecule has 302 valence electrons. The van der Waals surface area contributed by atoms with Crippen molar-refractivity contribution in [1.82, 2.24) is 0 Å². The molecule has 2 unspecified atom stereocenters. The summed E-state index contributed by atoms with van der Waals surface area (Å²) in [7, 11) is 1.36. The van der Waals surface area contributed by atoms with Crippen LogP contribution in [-0.4, -0.2) is 64.1 Å². The number of nitrogens with zero attached hydrogens (tertiary/aromatic N) is 1. The van der Waals surface area contributed by atoms with Crippen LogP contribution in [0.25, 0.3) is 0 Å². The number of phosphoric acid groups is 1. The first-order valence-electron chi connectivity index (χ1n) is 21.1. The zero-order valence-corrected chi connectivity index (χ0v) is 35.0. The average Bonchev–Trinajstić information content (AvgIpc) is 3.08. The molecule has 0 radical (unpaired) electrons. The van der Waals surface area contributed by atoms with Crippen molar-refractivity contribution >= 4 is 13.8 Å². The molecule has 9 heteroatoms. The number of rotatable bonds is 39. The van der Waals surface area contributed by atoms with Gasteiger partial charge in [-0.05, 0) is 51.0 Å². The molecular formula is C42H82NO7P. The van der Waals surface area contributed by atoms with Gasteiger partial charge < -0.3 is 27.9 Å². The molecule has 0 saturated heterocycles. The summed E-state index contributed by atoms with van der Waals surface area (Å²) < 4.78 is 34.3. The van der Waals surface area contributed by atoms with E-state index in [1.165, 1.54) is 135 Å². The molecule has 0 aliphatic carbocycles. The second-order valence-electron chi connectivity index (χ2n) is 15.4. The molecular weight excluding hydrogens is 661 g/mol. The largest absolute Gasteiger partial charge is 0.756 e. The monoisotopic (exact) mass is 744 g/mol. The van der Waals surface area contributed by atoms with Crippen LogP contribution in [0.3, 0.4) is 0 Å². The molecule has 0 rings (SSSR count). The molecule has 0 aliphatic heterocycles. The van der Waals surface area contributed by atoms with E-state index >= 15 is 0 Å². The number of ether oxygens (including phenoxy) is 2. The van der Waals surface area contributed by atoms with Crippen LogP contribution < -0.4 is 4.89 Å². The molecule has 0 aromatic carbocycles. The maximum atomic E-state index is 12.4. The van der Waals surface area contributed by atoms with Crippen molar-refractivity contribution in [1.29, 1.82) is 0 Å². The van der Waals surface area contributed by atoms with Gasteiger partial charge in [0.2, 0.25) is 0 Å². The molecule has 0 aromatic heterocycles. The summed E-state index contributed by atoms with van der Waals surface area (Å²) in [4.78, 5) is 24.8. The molecule has 2 atom stereocenters. The van der Waals surface area contributed by atoms with Gasteiger partial charge in [-0.25, -0.2) is 0 Å². The Balaban J connectivity index is 4.29. The van der Waals surface area contributed by atoms with E-state index < -0.39 is 13.9 Å². The topological polar surface area (TPSA) is 94.1 Å². The quantitative estimate of drug-likeness (QED) is 0.0154. The molecule has 0 bridgehead atoms. The average molecular weight is 744 g/mol. The second kappa shape index (κ2) is 35.8. The molecule has 0 saturated carbocycles. The lowest BCUT2D eigenvalue weighted by molar-refractivity contribution is -0.870. The molecule has 0 aliphatic rings. The van der Waals surface area contributed by atoms with Crippen molar-refractivity contribution in [2.75, 3.05) is 47.5 Å². The SMILES string of the molecule is CCCCCC/C=C\CCCCCCCCCC(=O)OCC(COP(=O)([O-])OCC[N+](C)(C)C)O/C=C\CCCCCCCCCCCCCC. The van der Waals surface area contributed by atoms with Crippen molar-refractivity contribution in [3.8, 4) is 0 Å². The minimum Gasteiger partial charge on any atom is -0.756 e. The normalized spacial score (nSPS) is 14.0. The fraction of sp³-hybridized carbons (Fsp3) is 0.881. The lowest BCUT2D eigenvalue weighted by Crippen LogP contribution is -2.37. The first-order chi connectivity index (χ1) is 24.6. The van der Waals surface area contributed by atoms with Gasteiger partial charge in [0.15, 0.2) is 6.10 Å². The van der Waals surface area contributed by atoms with Crippen molar-refractivity contribution in [2.24, 2.45) is 0 Å². The van der Waals surface area contributed by atoms with Crippen molar-refractivity contribution in [3.05, 3.63) is 24.5 Å². The highest BCUT2D eigenvalue weighted by atomic mass is 31.2. The van der Waals surface area contributed by atoms with E-state index in [0.29, 0.717) is 17.4 Å². The fourth-order valence-corrected chi connectivity index (χ4v) is 6.43. The number of carbonyl (C=O) groups is 1. The van der Waals surface area contributed by atoms with Crippen LogP contribution in [-0.2, 0) is 27.9 Å². The molecule has 51 heavy (non-hydrogen) atoms. The minimum atomic E-state index is -4.51. The molecule has 8 nitrogen and oxygen atoms in total. The van der Waals surface area contributed by atoms with Crippen LogP contribution >= 0.6 is 7.82 Å². The van der Waals surface area contributed by atoms with Gasteiger partial charge in [-0.2, -0.15) is 0 Å². The maximum Gasteiger partial charge on any atom is 0.305 e. The van der Waals surface area contributed by atoms with E-state index in [0.717, 1.165) is 32.1 Å². The summed E-state index contributed by atoms with van der Waals surface area (Å²) in [5.41, 5.74) is 0. The first kappa shape index (κ1) is 49.8. The Morgan fingerprint density at radius 1 is 0.608 bits per heavy atom. The number of allylic oxidation sites excluding steroid dienone is 3. The van der Waals surface area contributed by atoms with Gasteiger partial charge in [-0.1, -0.05) is 148 Å². The fourth-order valence-electron chi connectivity index (χ4n) is 5.70. The second-order valence-corrected chi connectivity index (χ2v) is 16.8. The Hall–Kier alpha value is -1.18. The molecule has 0 N–H and O–H groups in total. The third-order valence-corrected chi connectivity index (χ3v) is 10.1. The zero-order chi connectivity index (χ0) is 37.7. The van der Waals surface area contributed by atoms with E-state index in [9.17, 15) is 14.3 Å². The highest BCUT2D eigenvalue weighted by Gasteiger charge is 2.19. The van der Waals surface area contributed by atoms with Crippen molar-refractivity contribution < 1.29 is 37.3 Å². The van der Waals surface area contributed by atoms with Gasteiger partial charge in [-0.15, -0.1) is 0 Å². The number of phosphoric ester groups is 1. The van der Waals surface area contributed by atoms with Crippen LogP contribution in [0.4, 0.5) is 0 Å². The summed E-state index contributed by atoms with van der Waals surface area (Å²) >= 11 is 0. The lowest BCUT2D eigenvalue weighted by atomic mass is 10.0. The number of hydrogen-bond acceptors (Lipinski definition) is 7. The van der Waals surface area contributed by atoms with Gasteiger partial charge in [0.25, 0.3) is 7.82 Å². The standard InChI is InChI=1S/C42H82NO7P/c1-6-8-10-12-14-16-18-20-22-23-25-27-29-31-33-35-42(44)48-39-41(40-50-51(45,46)49-38-36-43(3,4)5)47-37-34-32-30-28-26-24-21-19-17-15-13-11-9-7-2/h16,18,34,37,41H,6-15,17,19-33,35-36,38-40H2,1-5H3/b18-16-,37-34-. The van der Waals surface area contributed by atoms with Crippen LogP contribution in [0.15, 0.2) is 24.5 Å². The van der Waals surface area contributed by atoms with Crippen LogP contribution in [0, 0.1) is 0 Å². The summed E-state index contributed by atoms with van der Waals surface area (Å²) in [6.45, 7) is 4.70. The van der Waals surface area contributed by atoms with E-state index in [4.69, 9.17) is 18.5 Å². The van der Waals surface area contributed by atoms with Crippen LogP contribution in [0.5, 0.6) is 0 Å². The molecule has 0 aromatic rings. The summed E-state index contributed by atoms with van der Waals surface area (Å²) in [5, 5.41) is 0. The summed E-state index contributed by atoms with van der Waals surface area (Å²) in [5.74, 6) is -0.296. The maximum absolute atomic E-state index is 12.4. The number of quaternary nitrogens is 1. The number of esters is 1. The highest BCUT2D eigenvalue weighted by Crippen LogP contribution is 2.38. The van der Waals surface area contributed by atoms with Gasteiger partial charge >= 0.3 is 5.97 Å². The molecule has 0 heterocycles. The number of unbranched alkanes of at least 4 members (excludes halogenated alkanes) is 23. The smallest absolute Gasteiger partial charge is 0.305 e. The number of likely N-dealkylation sites (N-methyl/N-ethyl adjacent to an activating group) is 1. The predicted molar refractivity (Wildman–Crippen MR) is 213 cm³/mol. The predicted octanol–water partition coefficient (Wildman–Crippen LogP) is 11.8. The Labute approximate surface area is 315 Å². The minimum absolute atomic E-state index is 0.0281. The van der Waals surface area contributed by atoms with E-state index in [-0.39, 0.29) is 25.8 Å². The Kier molecular flexibility index (Phi) is 35.0. The van der Waals surface area contributed by atoms with Gasteiger partial charge in [-0.3, -0.25) is 9.36 Å². The lowest BCUT2D eigenvalue weighted by Gasteiger charge is -2.28. The highest BCUT2D eigenvalue weighted by molar-refractivity contribution is 7.45. The number of carbonyl (C=O) groups excluding carboxylic acids is 1. The number of hydrogen-bond donors (Lipinski definition) is 0. The van der Waals surface area contributed by atoms with Crippen LogP contribution in [0.1, 0.15) is 187 Å². The Morgan fingerprint density at radius 3 is 1.53 bits per heavy atom. The molecule has 0 spiro atoms. The Bertz CT molecular complexity index is 874. The Morgan fingerprint density at radius 2 is 1.04 bits per heavy atom. The first-order valence-corrected chi connectivity index (χ1v) is 22.6. The summed E-state index contributed by atoms with van der Waals surface area (Å²) in [6, 6.07) is 0. The van der Waals surface area contributed by atoms with E-state index in [2.05, 4.69) is 26.0 Å². The van der Waals surface area contributed by atoms with E-state index in [1.807, 2.05) is 27.2 Å². The summed E-state index contributed by atoms with van der Waals surface area (Å²) in [6.07, 6.45) is 40.0. The van der Waals surface area contributed by atoms with Crippen LogP contribution in [0.2, 0.25) is 0 Å². The van der Waals surface area contributed by atoms with Gasteiger partial charge in [0.1, 0.15) is 19.8 Å². The van der Waals surface area contributed by atoms with Gasteiger partial charge in [0, 0.05) is 6.42 Å². The molecule has 0 amide bonds. The van der Waals surface area contributed by atoms with Crippen molar-refractivity contribution in [2.45, 2.75) is 193 Å². The van der Waals surface area contributed by atoms with Crippen molar-refractivity contribution in [3.63, 3.8) is 0 Å². The third-order valence-electron chi connectivity index (χ3n) is 9.09.